The molecule has 0 spiro atoms. The third kappa shape index (κ3) is 6.66. The monoisotopic (exact) mass is 220 g/mol. The summed E-state index contributed by atoms with van der Waals surface area (Å²) >= 11 is 0. The zero-order chi connectivity index (χ0) is 12.2. The van der Waals surface area contributed by atoms with Gasteiger partial charge in [0.2, 0.25) is 0 Å². The maximum absolute atomic E-state index is 3.93. The molecule has 1 aliphatic rings. The Morgan fingerprint density at radius 2 is 2.19 bits per heavy atom. The minimum absolute atomic E-state index is 0.702. The highest BCUT2D eigenvalue weighted by Crippen LogP contribution is 2.24. The smallest absolute Gasteiger partial charge is 0.0199 e. The summed E-state index contributed by atoms with van der Waals surface area (Å²) in [6, 6.07) is 0. The molecule has 1 aliphatic carbocycles. The molecule has 0 aliphatic heterocycles. The molecule has 0 nitrogen and oxygen atoms in total. The number of hydrogen-bond donors (Lipinski definition) is 0. The first-order chi connectivity index (χ1) is 7.86. The van der Waals surface area contributed by atoms with Crippen molar-refractivity contribution in [1.29, 1.82) is 0 Å². The molecule has 0 aromatic carbocycles. The van der Waals surface area contributed by atoms with E-state index in [2.05, 4.69) is 37.8 Å². The molecule has 1 rings (SSSR count). The van der Waals surface area contributed by atoms with Gasteiger partial charge in [-0.2, -0.15) is 0 Å². The van der Waals surface area contributed by atoms with Crippen LogP contribution in [-0.2, 0) is 0 Å². The van der Waals surface area contributed by atoms with Gasteiger partial charge in [0.15, 0.2) is 0 Å². The second-order valence-electron chi connectivity index (χ2n) is 4.13. The van der Waals surface area contributed by atoms with E-state index in [1.807, 2.05) is 13.8 Å². The average molecular weight is 220 g/mol. The van der Waals surface area contributed by atoms with Crippen molar-refractivity contribution >= 4 is 0 Å². The first kappa shape index (κ1) is 15.2. The van der Waals surface area contributed by atoms with Gasteiger partial charge in [0, 0.05) is 0 Å². The van der Waals surface area contributed by atoms with Crippen LogP contribution in [0.4, 0.5) is 0 Å². The first-order valence-electron chi connectivity index (χ1n) is 6.84. The molecule has 0 heterocycles. The van der Waals surface area contributed by atoms with Gasteiger partial charge in [0.25, 0.3) is 0 Å². The second-order valence-corrected chi connectivity index (χ2v) is 4.13. The van der Waals surface area contributed by atoms with Gasteiger partial charge in [-0.3, -0.25) is 0 Å². The molecule has 0 saturated heterocycles. The maximum Gasteiger partial charge on any atom is -0.0199 e. The van der Waals surface area contributed by atoms with Gasteiger partial charge in [-0.25, -0.2) is 0 Å². The van der Waals surface area contributed by atoms with E-state index in [4.69, 9.17) is 0 Å². The van der Waals surface area contributed by atoms with Crippen molar-refractivity contribution in [2.75, 3.05) is 0 Å². The molecule has 16 heavy (non-hydrogen) atoms. The number of allylic oxidation sites excluding steroid dienone is 5. The molecule has 92 valence electrons. The lowest BCUT2D eigenvalue weighted by atomic mass is 9.90. The summed E-state index contributed by atoms with van der Waals surface area (Å²) in [5, 5.41) is 0. The summed E-state index contributed by atoms with van der Waals surface area (Å²) < 4.78 is 0. The Balaban J connectivity index is 0.00000106. The molecule has 0 radical (unpaired) electrons. The van der Waals surface area contributed by atoms with Crippen molar-refractivity contribution in [1.82, 2.24) is 0 Å². The molecule has 0 saturated carbocycles. The molecule has 0 N–H and O–H groups in total. The number of unbranched alkanes of at least 4 members (excludes halogenated alkanes) is 1. The summed E-state index contributed by atoms with van der Waals surface area (Å²) in [4.78, 5) is 0. The summed E-state index contributed by atoms with van der Waals surface area (Å²) in [6.45, 7) is 10.2. The molecule has 0 bridgehead atoms. The maximum atomic E-state index is 3.93. The molecular formula is C16H28. The Hall–Kier alpha value is -0.780. The van der Waals surface area contributed by atoms with Crippen LogP contribution in [0.5, 0.6) is 0 Å². The summed E-state index contributed by atoms with van der Waals surface area (Å²) in [7, 11) is 0. The molecule has 1 atom stereocenters. The molecule has 0 aromatic rings. The minimum Gasteiger partial charge on any atom is -0.103 e. The van der Waals surface area contributed by atoms with Gasteiger partial charge in [-0.15, -0.1) is 6.58 Å². The van der Waals surface area contributed by atoms with Crippen molar-refractivity contribution in [2.45, 2.75) is 59.3 Å². The quantitative estimate of drug-likeness (QED) is 0.506. The summed E-state index contributed by atoms with van der Waals surface area (Å²) in [6.07, 6.45) is 16.5. The average Bonchev–Trinajstić information content (AvgIpc) is 2.38. The van der Waals surface area contributed by atoms with E-state index >= 15 is 0 Å². The Kier molecular flexibility index (Phi) is 10.2. The lowest BCUT2D eigenvalue weighted by Gasteiger charge is -2.15. The largest absolute Gasteiger partial charge is 0.103 e. The number of hydrogen-bond acceptors (Lipinski definition) is 0. The van der Waals surface area contributed by atoms with Crippen molar-refractivity contribution in [3.8, 4) is 0 Å². The molecule has 0 amide bonds. The van der Waals surface area contributed by atoms with E-state index in [0.29, 0.717) is 5.92 Å². The third-order valence-corrected chi connectivity index (χ3v) is 2.89. The van der Waals surface area contributed by atoms with E-state index in [9.17, 15) is 0 Å². The highest BCUT2D eigenvalue weighted by Gasteiger charge is 2.07. The highest BCUT2D eigenvalue weighted by molar-refractivity contribution is 5.18. The van der Waals surface area contributed by atoms with Crippen LogP contribution in [-0.4, -0.2) is 0 Å². The Bertz CT molecular complexity index is 220. The lowest BCUT2D eigenvalue weighted by molar-refractivity contribution is 0.543. The predicted molar refractivity (Wildman–Crippen MR) is 75.6 cm³/mol. The van der Waals surface area contributed by atoms with Crippen LogP contribution in [0.3, 0.4) is 0 Å². The van der Waals surface area contributed by atoms with E-state index in [0.717, 1.165) is 0 Å². The van der Waals surface area contributed by atoms with Crippen LogP contribution in [0.1, 0.15) is 59.3 Å². The number of rotatable bonds is 6. The predicted octanol–water partition coefficient (Wildman–Crippen LogP) is 5.67. The first-order valence-corrected chi connectivity index (χ1v) is 6.84. The van der Waals surface area contributed by atoms with Gasteiger partial charge in [-0.05, 0) is 31.6 Å². The van der Waals surface area contributed by atoms with Crippen molar-refractivity contribution < 1.29 is 0 Å². The standard InChI is InChI=1S/C14H22.C2H6/c1-3-5-9-13(4-2)12-14-10-7-6-8-11-14;1-2/h4,6-7,10,13H,2-3,5,8-9,11-12H2,1H3;1-2H3. The molecular weight excluding hydrogens is 192 g/mol. The minimum atomic E-state index is 0.702. The van der Waals surface area contributed by atoms with Crippen molar-refractivity contribution in [2.24, 2.45) is 5.92 Å². The SMILES string of the molecule is C=CC(CCCC)CC1=CC=CCC1.CC. The lowest BCUT2D eigenvalue weighted by Crippen LogP contribution is -1.99. The summed E-state index contributed by atoms with van der Waals surface area (Å²) in [5.74, 6) is 0.702. The normalized spacial score (nSPS) is 15.8. The fourth-order valence-corrected chi connectivity index (χ4v) is 1.93. The fraction of sp³-hybridized carbons (Fsp3) is 0.625. The second kappa shape index (κ2) is 10.7. The van der Waals surface area contributed by atoms with E-state index in [1.165, 1.54) is 38.5 Å². The molecule has 0 fully saturated rings. The van der Waals surface area contributed by atoms with Gasteiger partial charge in [0.1, 0.15) is 0 Å². The van der Waals surface area contributed by atoms with Crippen LogP contribution < -0.4 is 0 Å². The Labute approximate surface area is 102 Å². The van der Waals surface area contributed by atoms with Crippen LogP contribution >= 0.6 is 0 Å². The topological polar surface area (TPSA) is 0 Å². The van der Waals surface area contributed by atoms with Crippen LogP contribution in [0.2, 0.25) is 0 Å². The van der Waals surface area contributed by atoms with Crippen molar-refractivity contribution in [3.05, 3.63) is 36.5 Å². The van der Waals surface area contributed by atoms with Gasteiger partial charge in [0.05, 0.1) is 0 Å². The molecule has 0 heteroatoms. The van der Waals surface area contributed by atoms with E-state index in [1.54, 1.807) is 5.57 Å². The molecule has 1 unspecified atom stereocenters. The fourth-order valence-electron chi connectivity index (χ4n) is 1.93. The van der Waals surface area contributed by atoms with Gasteiger partial charge >= 0.3 is 0 Å². The van der Waals surface area contributed by atoms with Crippen LogP contribution in [0.25, 0.3) is 0 Å². The van der Waals surface area contributed by atoms with E-state index in [-0.39, 0.29) is 0 Å². The Morgan fingerprint density at radius 3 is 2.69 bits per heavy atom. The van der Waals surface area contributed by atoms with Crippen LogP contribution in [0, 0.1) is 5.92 Å². The third-order valence-electron chi connectivity index (χ3n) is 2.89. The zero-order valence-electron chi connectivity index (χ0n) is 11.3. The van der Waals surface area contributed by atoms with Gasteiger partial charge < -0.3 is 0 Å². The molecule has 0 aromatic heterocycles. The zero-order valence-corrected chi connectivity index (χ0v) is 11.3. The van der Waals surface area contributed by atoms with Gasteiger partial charge in [-0.1, -0.05) is 63.5 Å². The van der Waals surface area contributed by atoms with Crippen LogP contribution in [0.15, 0.2) is 36.5 Å². The van der Waals surface area contributed by atoms with E-state index < -0.39 is 0 Å². The summed E-state index contributed by atoms with van der Waals surface area (Å²) in [5.41, 5.74) is 1.61. The highest BCUT2D eigenvalue weighted by atomic mass is 14.1. The Morgan fingerprint density at radius 1 is 1.44 bits per heavy atom. The van der Waals surface area contributed by atoms with Crippen molar-refractivity contribution in [3.63, 3.8) is 0 Å².